The van der Waals surface area contributed by atoms with Crippen LogP contribution in [0, 0.1) is 12.3 Å². The molecule has 1 amide bonds. The third-order valence-corrected chi connectivity index (χ3v) is 2.19. The molecule has 0 bridgehead atoms. The maximum absolute atomic E-state index is 11.7. The van der Waals surface area contributed by atoms with Crippen molar-refractivity contribution in [2.24, 2.45) is 0 Å². The van der Waals surface area contributed by atoms with Gasteiger partial charge in [-0.1, -0.05) is 6.07 Å². The molecule has 0 aliphatic heterocycles. The van der Waals surface area contributed by atoms with Crippen molar-refractivity contribution < 1.29 is 4.79 Å². The van der Waals surface area contributed by atoms with E-state index < -0.39 is 0 Å². The number of hydrogen-bond donors (Lipinski definition) is 2. The molecule has 0 aromatic heterocycles. The predicted octanol–water partition coefficient (Wildman–Crippen LogP) is 2.12. The first-order valence-corrected chi connectivity index (χ1v) is 5.11. The Bertz CT molecular complexity index is 395. The van der Waals surface area contributed by atoms with Crippen molar-refractivity contribution in [3.05, 3.63) is 29.8 Å². The van der Waals surface area contributed by atoms with Crippen molar-refractivity contribution in [1.82, 2.24) is 5.32 Å². The van der Waals surface area contributed by atoms with E-state index in [1.165, 1.54) is 0 Å². The second-order valence-corrected chi connectivity index (χ2v) is 3.85. The number of rotatable bonds is 3. The standard InChI is InChI=1S/C12H13NOS/c1-3-5-9(2)13-12(14)10-6-4-7-11(15)8-10/h1,4,6-9,15H,5H2,2H3,(H,13,14). The molecule has 0 aliphatic carbocycles. The summed E-state index contributed by atoms with van der Waals surface area (Å²) < 4.78 is 0. The minimum atomic E-state index is -0.117. The Kier molecular flexibility index (Phi) is 4.26. The van der Waals surface area contributed by atoms with Crippen molar-refractivity contribution in [3.8, 4) is 12.3 Å². The van der Waals surface area contributed by atoms with Gasteiger partial charge in [0.05, 0.1) is 0 Å². The third-order valence-electron chi connectivity index (χ3n) is 1.91. The van der Waals surface area contributed by atoms with E-state index in [4.69, 9.17) is 6.42 Å². The first-order valence-electron chi connectivity index (χ1n) is 4.67. The van der Waals surface area contributed by atoms with E-state index in [1.807, 2.05) is 13.0 Å². The number of terminal acetylenes is 1. The monoisotopic (exact) mass is 219 g/mol. The zero-order chi connectivity index (χ0) is 11.3. The van der Waals surface area contributed by atoms with Gasteiger partial charge in [0, 0.05) is 22.9 Å². The fourth-order valence-electron chi connectivity index (χ4n) is 1.18. The molecule has 1 atom stereocenters. The van der Waals surface area contributed by atoms with E-state index in [1.54, 1.807) is 18.2 Å². The van der Waals surface area contributed by atoms with Gasteiger partial charge < -0.3 is 5.32 Å². The molecular formula is C12H13NOS. The highest BCUT2D eigenvalue weighted by atomic mass is 32.1. The van der Waals surface area contributed by atoms with Gasteiger partial charge in [0.25, 0.3) is 5.91 Å². The minimum Gasteiger partial charge on any atom is -0.349 e. The molecule has 1 rings (SSSR count). The molecule has 3 heteroatoms. The molecule has 1 aromatic rings. The van der Waals surface area contributed by atoms with Crippen LogP contribution in [-0.4, -0.2) is 11.9 Å². The maximum Gasteiger partial charge on any atom is 0.251 e. The van der Waals surface area contributed by atoms with Crippen LogP contribution in [0.5, 0.6) is 0 Å². The van der Waals surface area contributed by atoms with Gasteiger partial charge in [-0.15, -0.1) is 25.0 Å². The Balaban J connectivity index is 2.66. The number of hydrogen-bond acceptors (Lipinski definition) is 2. The van der Waals surface area contributed by atoms with Crippen LogP contribution in [0.25, 0.3) is 0 Å². The summed E-state index contributed by atoms with van der Waals surface area (Å²) in [4.78, 5) is 12.4. The fourth-order valence-corrected chi connectivity index (χ4v) is 1.41. The number of nitrogens with one attached hydrogen (secondary N) is 1. The Morgan fingerprint density at radius 1 is 1.67 bits per heavy atom. The van der Waals surface area contributed by atoms with Crippen molar-refractivity contribution >= 4 is 18.5 Å². The second-order valence-electron chi connectivity index (χ2n) is 3.33. The molecule has 15 heavy (non-hydrogen) atoms. The zero-order valence-corrected chi connectivity index (χ0v) is 9.42. The zero-order valence-electron chi connectivity index (χ0n) is 8.53. The quantitative estimate of drug-likeness (QED) is 0.592. The fraction of sp³-hybridized carbons (Fsp3) is 0.250. The van der Waals surface area contributed by atoms with Gasteiger partial charge in [-0.05, 0) is 25.1 Å². The third kappa shape index (κ3) is 3.69. The van der Waals surface area contributed by atoms with Gasteiger partial charge in [0.15, 0.2) is 0 Å². The summed E-state index contributed by atoms with van der Waals surface area (Å²) in [5, 5.41) is 2.81. The van der Waals surface area contributed by atoms with Crippen LogP contribution >= 0.6 is 12.6 Å². The molecule has 1 N–H and O–H groups in total. The van der Waals surface area contributed by atoms with E-state index in [0.29, 0.717) is 12.0 Å². The molecule has 0 saturated heterocycles. The van der Waals surface area contributed by atoms with Gasteiger partial charge in [0.2, 0.25) is 0 Å². The average molecular weight is 219 g/mol. The summed E-state index contributed by atoms with van der Waals surface area (Å²) in [5.74, 6) is 2.39. The molecule has 78 valence electrons. The lowest BCUT2D eigenvalue weighted by atomic mass is 10.2. The summed E-state index contributed by atoms with van der Waals surface area (Å²) in [6.07, 6.45) is 5.69. The van der Waals surface area contributed by atoms with E-state index in [-0.39, 0.29) is 11.9 Å². The highest BCUT2D eigenvalue weighted by molar-refractivity contribution is 7.80. The van der Waals surface area contributed by atoms with Gasteiger partial charge >= 0.3 is 0 Å². The van der Waals surface area contributed by atoms with Crippen LogP contribution in [0.15, 0.2) is 29.2 Å². The molecule has 1 unspecified atom stereocenters. The van der Waals surface area contributed by atoms with Crippen molar-refractivity contribution in [1.29, 1.82) is 0 Å². The lowest BCUT2D eigenvalue weighted by molar-refractivity contribution is 0.0940. The molecule has 2 nitrogen and oxygen atoms in total. The highest BCUT2D eigenvalue weighted by Crippen LogP contribution is 2.08. The lowest BCUT2D eigenvalue weighted by Gasteiger charge is -2.10. The molecule has 0 spiro atoms. The Labute approximate surface area is 95.5 Å². The first kappa shape index (κ1) is 11.7. The molecule has 0 aliphatic rings. The van der Waals surface area contributed by atoms with Crippen LogP contribution in [0.4, 0.5) is 0 Å². The Hall–Kier alpha value is -1.40. The molecule has 0 saturated carbocycles. The molecule has 0 heterocycles. The summed E-state index contributed by atoms with van der Waals surface area (Å²) >= 11 is 4.17. The van der Waals surface area contributed by atoms with Crippen LogP contribution in [0.1, 0.15) is 23.7 Å². The van der Waals surface area contributed by atoms with Crippen LogP contribution in [0.2, 0.25) is 0 Å². The summed E-state index contributed by atoms with van der Waals surface area (Å²) in [6.45, 7) is 1.88. The first-order chi connectivity index (χ1) is 7.13. The van der Waals surface area contributed by atoms with E-state index in [2.05, 4.69) is 23.9 Å². The molecule has 0 radical (unpaired) electrons. The normalized spacial score (nSPS) is 11.5. The lowest BCUT2D eigenvalue weighted by Crippen LogP contribution is -2.32. The maximum atomic E-state index is 11.7. The van der Waals surface area contributed by atoms with Crippen molar-refractivity contribution in [2.75, 3.05) is 0 Å². The molecular weight excluding hydrogens is 206 g/mol. The SMILES string of the molecule is C#CCC(C)NC(=O)c1cccc(S)c1. The van der Waals surface area contributed by atoms with Gasteiger partial charge in [-0.3, -0.25) is 4.79 Å². The molecule has 0 fully saturated rings. The van der Waals surface area contributed by atoms with Crippen LogP contribution in [0.3, 0.4) is 0 Å². The van der Waals surface area contributed by atoms with Crippen molar-refractivity contribution in [3.63, 3.8) is 0 Å². The van der Waals surface area contributed by atoms with Gasteiger partial charge in [-0.2, -0.15) is 0 Å². The number of benzene rings is 1. The predicted molar refractivity (Wildman–Crippen MR) is 64.1 cm³/mol. The highest BCUT2D eigenvalue weighted by Gasteiger charge is 2.08. The largest absolute Gasteiger partial charge is 0.349 e. The average Bonchev–Trinajstić information content (AvgIpc) is 2.18. The smallest absolute Gasteiger partial charge is 0.251 e. The number of carbonyl (C=O) groups excluding carboxylic acids is 1. The Morgan fingerprint density at radius 3 is 3.00 bits per heavy atom. The Morgan fingerprint density at radius 2 is 2.40 bits per heavy atom. The summed E-state index contributed by atoms with van der Waals surface area (Å²) in [5.41, 5.74) is 0.603. The number of amides is 1. The summed E-state index contributed by atoms with van der Waals surface area (Å²) in [6, 6.07) is 7.08. The molecule has 1 aromatic carbocycles. The van der Waals surface area contributed by atoms with E-state index in [0.717, 1.165) is 4.90 Å². The van der Waals surface area contributed by atoms with Crippen LogP contribution in [-0.2, 0) is 0 Å². The minimum absolute atomic E-state index is 0.00827. The second kappa shape index (κ2) is 5.47. The van der Waals surface area contributed by atoms with Gasteiger partial charge in [-0.25, -0.2) is 0 Å². The van der Waals surface area contributed by atoms with E-state index in [9.17, 15) is 4.79 Å². The van der Waals surface area contributed by atoms with Gasteiger partial charge in [0.1, 0.15) is 0 Å². The topological polar surface area (TPSA) is 29.1 Å². The van der Waals surface area contributed by atoms with Crippen LogP contribution < -0.4 is 5.32 Å². The number of carbonyl (C=O) groups is 1. The summed E-state index contributed by atoms with van der Waals surface area (Å²) in [7, 11) is 0. The number of thiol groups is 1. The van der Waals surface area contributed by atoms with Crippen molar-refractivity contribution in [2.45, 2.75) is 24.3 Å². The van der Waals surface area contributed by atoms with E-state index >= 15 is 0 Å².